The fraction of sp³-hybridized carbons (Fsp3) is 0.714. The fourth-order valence-electron chi connectivity index (χ4n) is 2.68. The highest BCUT2D eigenvalue weighted by Gasteiger charge is 2.21. The SMILES string of the molecule is CNCCC1CCCN(c2nc(C)cc(C)n2)C1. The van der Waals surface area contributed by atoms with Crippen LogP contribution in [0.4, 0.5) is 5.95 Å². The number of nitrogens with zero attached hydrogens (tertiary/aromatic N) is 3. The molecule has 1 unspecified atom stereocenters. The normalized spacial score (nSPS) is 20.2. The lowest BCUT2D eigenvalue weighted by Crippen LogP contribution is -2.37. The van der Waals surface area contributed by atoms with Crippen LogP contribution in [-0.4, -0.2) is 36.6 Å². The second kappa shape index (κ2) is 6.14. The monoisotopic (exact) mass is 248 g/mol. The van der Waals surface area contributed by atoms with Gasteiger partial charge in [0, 0.05) is 24.5 Å². The first-order valence-corrected chi connectivity index (χ1v) is 6.91. The molecule has 0 radical (unpaired) electrons. The maximum absolute atomic E-state index is 4.57. The molecule has 4 heteroatoms. The summed E-state index contributed by atoms with van der Waals surface area (Å²) in [4.78, 5) is 11.5. The molecule has 1 aliphatic heterocycles. The number of nitrogens with one attached hydrogen (secondary N) is 1. The minimum absolute atomic E-state index is 0.774. The average Bonchev–Trinajstić information content (AvgIpc) is 2.35. The van der Waals surface area contributed by atoms with E-state index >= 15 is 0 Å². The van der Waals surface area contributed by atoms with Crippen molar-refractivity contribution in [1.29, 1.82) is 0 Å². The summed E-state index contributed by atoms with van der Waals surface area (Å²) in [5, 5.41) is 3.24. The van der Waals surface area contributed by atoms with Crippen LogP contribution in [0.15, 0.2) is 6.07 Å². The van der Waals surface area contributed by atoms with Crippen molar-refractivity contribution in [2.24, 2.45) is 5.92 Å². The van der Waals surface area contributed by atoms with E-state index in [4.69, 9.17) is 0 Å². The third-order valence-corrected chi connectivity index (χ3v) is 3.57. The molecule has 1 atom stereocenters. The van der Waals surface area contributed by atoms with Crippen LogP contribution >= 0.6 is 0 Å². The summed E-state index contributed by atoms with van der Waals surface area (Å²) in [6.07, 6.45) is 3.84. The van der Waals surface area contributed by atoms with Gasteiger partial charge in [0.25, 0.3) is 0 Å². The van der Waals surface area contributed by atoms with E-state index in [-0.39, 0.29) is 0 Å². The van der Waals surface area contributed by atoms with Gasteiger partial charge in [0.15, 0.2) is 0 Å². The predicted molar refractivity (Wildman–Crippen MR) is 75.0 cm³/mol. The molecule has 0 bridgehead atoms. The molecule has 18 heavy (non-hydrogen) atoms. The van der Waals surface area contributed by atoms with Gasteiger partial charge in [0.1, 0.15) is 0 Å². The van der Waals surface area contributed by atoms with Crippen LogP contribution in [0.5, 0.6) is 0 Å². The van der Waals surface area contributed by atoms with Crippen molar-refractivity contribution in [1.82, 2.24) is 15.3 Å². The zero-order chi connectivity index (χ0) is 13.0. The summed E-state index contributed by atoms with van der Waals surface area (Å²) >= 11 is 0. The van der Waals surface area contributed by atoms with Gasteiger partial charge in [-0.05, 0) is 58.7 Å². The highest BCUT2D eigenvalue weighted by atomic mass is 15.3. The van der Waals surface area contributed by atoms with E-state index in [0.717, 1.165) is 42.9 Å². The predicted octanol–water partition coefficient (Wildman–Crippen LogP) is 1.92. The Morgan fingerprint density at radius 3 is 2.72 bits per heavy atom. The van der Waals surface area contributed by atoms with Gasteiger partial charge in [0.05, 0.1) is 0 Å². The third-order valence-electron chi connectivity index (χ3n) is 3.57. The van der Waals surface area contributed by atoms with Crippen molar-refractivity contribution < 1.29 is 0 Å². The third kappa shape index (κ3) is 3.42. The minimum atomic E-state index is 0.774. The number of anilines is 1. The van der Waals surface area contributed by atoms with Crippen molar-refractivity contribution >= 4 is 5.95 Å². The Bertz CT molecular complexity index is 371. The molecular weight excluding hydrogens is 224 g/mol. The van der Waals surface area contributed by atoms with Crippen LogP contribution in [0.3, 0.4) is 0 Å². The van der Waals surface area contributed by atoms with Crippen molar-refractivity contribution in [3.8, 4) is 0 Å². The second-order valence-electron chi connectivity index (χ2n) is 5.30. The van der Waals surface area contributed by atoms with Crippen molar-refractivity contribution in [2.45, 2.75) is 33.1 Å². The molecule has 1 fully saturated rings. The summed E-state index contributed by atoms with van der Waals surface area (Å²) < 4.78 is 0. The average molecular weight is 248 g/mol. The van der Waals surface area contributed by atoms with E-state index in [9.17, 15) is 0 Å². The van der Waals surface area contributed by atoms with Crippen LogP contribution in [0.25, 0.3) is 0 Å². The highest BCUT2D eigenvalue weighted by molar-refractivity contribution is 5.32. The Hall–Kier alpha value is -1.16. The van der Waals surface area contributed by atoms with Crippen molar-refractivity contribution in [3.05, 3.63) is 17.5 Å². The van der Waals surface area contributed by atoms with Crippen LogP contribution in [0, 0.1) is 19.8 Å². The summed E-state index contributed by atoms with van der Waals surface area (Å²) in [5.74, 6) is 1.69. The van der Waals surface area contributed by atoms with Gasteiger partial charge < -0.3 is 10.2 Å². The molecule has 1 aromatic heterocycles. The molecule has 0 saturated carbocycles. The molecule has 4 nitrogen and oxygen atoms in total. The zero-order valence-corrected chi connectivity index (χ0v) is 11.7. The highest BCUT2D eigenvalue weighted by Crippen LogP contribution is 2.22. The smallest absolute Gasteiger partial charge is 0.225 e. The minimum Gasteiger partial charge on any atom is -0.341 e. The van der Waals surface area contributed by atoms with Crippen LogP contribution in [-0.2, 0) is 0 Å². The van der Waals surface area contributed by atoms with Gasteiger partial charge in [0.2, 0.25) is 5.95 Å². The number of aryl methyl sites for hydroxylation is 2. The largest absolute Gasteiger partial charge is 0.341 e. The second-order valence-corrected chi connectivity index (χ2v) is 5.30. The summed E-state index contributed by atoms with van der Waals surface area (Å²) in [6.45, 7) is 7.39. The van der Waals surface area contributed by atoms with E-state index < -0.39 is 0 Å². The quantitative estimate of drug-likeness (QED) is 0.884. The maximum atomic E-state index is 4.57. The van der Waals surface area contributed by atoms with Crippen molar-refractivity contribution in [2.75, 3.05) is 31.6 Å². The number of rotatable bonds is 4. The molecule has 0 amide bonds. The fourth-order valence-corrected chi connectivity index (χ4v) is 2.68. The Morgan fingerprint density at radius 1 is 1.33 bits per heavy atom. The number of hydrogen-bond acceptors (Lipinski definition) is 4. The topological polar surface area (TPSA) is 41.0 Å². The lowest BCUT2D eigenvalue weighted by molar-refractivity contribution is 0.384. The summed E-state index contributed by atoms with van der Waals surface area (Å²) in [7, 11) is 2.02. The molecule has 1 saturated heterocycles. The molecule has 2 heterocycles. The van der Waals surface area contributed by atoms with E-state index in [2.05, 4.69) is 20.2 Å². The van der Waals surface area contributed by atoms with Crippen molar-refractivity contribution in [3.63, 3.8) is 0 Å². The number of hydrogen-bond donors (Lipinski definition) is 1. The Labute approximate surface area is 110 Å². The number of piperidine rings is 1. The first-order chi connectivity index (χ1) is 8.69. The van der Waals surface area contributed by atoms with Gasteiger partial charge in [-0.1, -0.05) is 0 Å². The van der Waals surface area contributed by atoms with E-state index in [1.54, 1.807) is 0 Å². The van der Waals surface area contributed by atoms with Gasteiger partial charge >= 0.3 is 0 Å². The Morgan fingerprint density at radius 2 is 2.06 bits per heavy atom. The van der Waals surface area contributed by atoms with E-state index in [1.165, 1.54) is 19.3 Å². The molecule has 0 aromatic carbocycles. The molecule has 1 N–H and O–H groups in total. The zero-order valence-electron chi connectivity index (χ0n) is 11.7. The molecule has 2 rings (SSSR count). The number of aromatic nitrogens is 2. The lowest BCUT2D eigenvalue weighted by atomic mass is 9.95. The lowest BCUT2D eigenvalue weighted by Gasteiger charge is -2.33. The van der Waals surface area contributed by atoms with Crippen LogP contribution in [0.1, 0.15) is 30.7 Å². The first kappa shape index (κ1) is 13.3. The summed E-state index contributed by atoms with van der Waals surface area (Å²) in [5.41, 5.74) is 2.13. The molecule has 100 valence electrons. The van der Waals surface area contributed by atoms with Gasteiger partial charge in [-0.15, -0.1) is 0 Å². The van der Waals surface area contributed by atoms with E-state index in [0.29, 0.717) is 0 Å². The first-order valence-electron chi connectivity index (χ1n) is 6.91. The van der Waals surface area contributed by atoms with Gasteiger partial charge in [-0.2, -0.15) is 0 Å². The Balaban J connectivity index is 2.03. The van der Waals surface area contributed by atoms with Gasteiger partial charge in [-0.3, -0.25) is 0 Å². The van der Waals surface area contributed by atoms with Crippen LogP contribution < -0.4 is 10.2 Å². The Kier molecular flexibility index (Phi) is 4.53. The summed E-state index contributed by atoms with van der Waals surface area (Å²) in [6, 6.07) is 2.03. The van der Waals surface area contributed by atoms with Gasteiger partial charge in [-0.25, -0.2) is 9.97 Å². The maximum Gasteiger partial charge on any atom is 0.225 e. The molecule has 0 spiro atoms. The molecular formula is C14H24N4. The molecule has 0 aliphatic carbocycles. The molecule has 1 aromatic rings. The van der Waals surface area contributed by atoms with Crippen LogP contribution in [0.2, 0.25) is 0 Å². The molecule has 1 aliphatic rings. The van der Waals surface area contributed by atoms with E-state index in [1.807, 2.05) is 27.0 Å². The standard InChI is InChI=1S/C14H24N4/c1-11-9-12(2)17-14(16-11)18-8-4-5-13(10-18)6-7-15-3/h9,13,15H,4-8,10H2,1-3H3.